The highest BCUT2D eigenvalue weighted by Crippen LogP contribution is 2.25. The molecule has 2 rings (SSSR count). The maximum Gasteiger partial charge on any atom is 0.253 e. The van der Waals surface area contributed by atoms with Crippen LogP contribution in [0.1, 0.15) is 15.9 Å². The predicted octanol–water partition coefficient (Wildman–Crippen LogP) is 3.16. The van der Waals surface area contributed by atoms with Crippen molar-refractivity contribution in [3.05, 3.63) is 53.3 Å². The number of halogens is 1. The predicted molar refractivity (Wildman–Crippen MR) is 83.3 cm³/mol. The van der Waals surface area contributed by atoms with Gasteiger partial charge in [0, 0.05) is 25.3 Å². The summed E-state index contributed by atoms with van der Waals surface area (Å²) >= 11 is 0. The Morgan fingerprint density at radius 1 is 1.19 bits per heavy atom. The summed E-state index contributed by atoms with van der Waals surface area (Å²) in [5, 5.41) is 3.06. The molecule has 0 saturated heterocycles. The lowest BCUT2D eigenvalue weighted by molar-refractivity contribution is 0.0827. The molecule has 0 heterocycles. The second-order valence-electron chi connectivity index (χ2n) is 5.14. The minimum Gasteiger partial charge on any atom is -0.397 e. The topological polar surface area (TPSA) is 58.4 Å². The number of rotatable bonds is 3. The first-order chi connectivity index (χ1) is 9.86. The van der Waals surface area contributed by atoms with E-state index in [4.69, 9.17) is 5.73 Å². The van der Waals surface area contributed by atoms with Crippen molar-refractivity contribution in [2.24, 2.45) is 0 Å². The molecule has 0 aliphatic carbocycles. The third-order valence-electron chi connectivity index (χ3n) is 3.03. The standard InChI is InChI=1S/C16H18FN3O/c1-10-6-12(17)9-13(7-10)19-15-5-4-11(8-14(15)18)16(21)20(2)3/h4-9,19H,18H2,1-3H3. The highest BCUT2D eigenvalue weighted by Gasteiger charge is 2.10. The molecule has 1 amide bonds. The number of amides is 1. The van der Waals surface area contributed by atoms with Gasteiger partial charge in [-0.2, -0.15) is 0 Å². The first-order valence-corrected chi connectivity index (χ1v) is 6.52. The van der Waals surface area contributed by atoms with Crippen molar-refractivity contribution in [1.82, 2.24) is 4.90 Å². The zero-order valence-electron chi connectivity index (χ0n) is 12.3. The highest BCUT2D eigenvalue weighted by atomic mass is 19.1. The van der Waals surface area contributed by atoms with E-state index in [2.05, 4.69) is 5.32 Å². The number of nitrogens with two attached hydrogens (primary N) is 1. The summed E-state index contributed by atoms with van der Waals surface area (Å²) in [6.07, 6.45) is 0. The van der Waals surface area contributed by atoms with Gasteiger partial charge >= 0.3 is 0 Å². The summed E-state index contributed by atoms with van der Waals surface area (Å²) in [6.45, 7) is 1.82. The summed E-state index contributed by atoms with van der Waals surface area (Å²) < 4.78 is 13.4. The minimum absolute atomic E-state index is 0.116. The van der Waals surface area contributed by atoms with Crippen LogP contribution in [0.5, 0.6) is 0 Å². The van der Waals surface area contributed by atoms with E-state index in [0.717, 1.165) is 5.56 Å². The second-order valence-corrected chi connectivity index (χ2v) is 5.14. The first-order valence-electron chi connectivity index (χ1n) is 6.52. The van der Waals surface area contributed by atoms with Gasteiger partial charge in [0.05, 0.1) is 11.4 Å². The van der Waals surface area contributed by atoms with Crippen LogP contribution >= 0.6 is 0 Å². The fourth-order valence-corrected chi connectivity index (χ4v) is 2.03. The Hall–Kier alpha value is -2.56. The molecule has 0 radical (unpaired) electrons. The van der Waals surface area contributed by atoms with Crippen LogP contribution < -0.4 is 11.1 Å². The molecule has 0 saturated carbocycles. The molecule has 4 nitrogen and oxygen atoms in total. The van der Waals surface area contributed by atoms with Crippen molar-refractivity contribution in [2.75, 3.05) is 25.1 Å². The van der Waals surface area contributed by atoms with Crippen LogP contribution in [0.3, 0.4) is 0 Å². The maximum atomic E-state index is 13.4. The number of carbonyl (C=O) groups is 1. The third kappa shape index (κ3) is 3.51. The second kappa shape index (κ2) is 5.83. The zero-order chi connectivity index (χ0) is 15.6. The van der Waals surface area contributed by atoms with Gasteiger partial charge in [-0.15, -0.1) is 0 Å². The fourth-order valence-electron chi connectivity index (χ4n) is 2.03. The molecule has 0 aromatic heterocycles. The summed E-state index contributed by atoms with van der Waals surface area (Å²) in [7, 11) is 3.36. The van der Waals surface area contributed by atoms with Gasteiger partial charge in [-0.3, -0.25) is 4.79 Å². The van der Waals surface area contributed by atoms with Crippen molar-refractivity contribution >= 4 is 23.0 Å². The maximum absolute atomic E-state index is 13.4. The van der Waals surface area contributed by atoms with Crippen molar-refractivity contribution in [3.63, 3.8) is 0 Å². The molecule has 3 N–H and O–H groups in total. The van der Waals surface area contributed by atoms with E-state index in [0.29, 0.717) is 22.6 Å². The van der Waals surface area contributed by atoms with Gasteiger partial charge in [0.15, 0.2) is 0 Å². The van der Waals surface area contributed by atoms with E-state index in [1.54, 1.807) is 32.3 Å². The fraction of sp³-hybridized carbons (Fsp3) is 0.188. The quantitative estimate of drug-likeness (QED) is 0.853. The lowest BCUT2D eigenvalue weighted by Gasteiger charge is -2.14. The zero-order valence-corrected chi connectivity index (χ0v) is 12.3. The number of nitrogens with zero attached hydrogens (tertiary/aromatic N) is 1. The third-order valence-corrected chi connectivity index (χ3v) is 3.03. The van der Waals surface area contributed by atoms with Gasteiger partial charge in [-0.25, -0.2) is 4.39 Å². The molecule has 21 heavy (non-hydrogen) atoms. The Kier molecular flexibility index (Phi) is 4.12. The molecule has 0 unspecified atom stereocenters. The van der Waals surface area contributed by atoms with Crippen LogP contribution in [0.25, 0.3) is 0 Å². The number of hydrogen-bond acceptors (Lipinski definition) is 3. The Morgan fingerprint density at radius 3 is 2.48 bits per heavy atom. The van der Waals surface area contributed by atoms with Gasteiger partial charge < -0.3 is 16.0 Å². The molecular formula is C16H18FN3O. The number of nitrogen functional groups attached to an aromatic ring is 1. The number of hydrogen-bond donors (Lipinski definition) is 2. The summed E-state index contributed by atoms with van der Waals surface area (Å²) in [6, 6.07) is 9.68. The Balaban J connectivity index is 2.27. The summed E-state index contributed by atoms with van der Waals surface area (Å²) in [4.78, 5) is 13.3. The molecule has 0 aliphatic rings. The molecule has 0 bridgehead atoms. The van der Waals surface area contributed by atoms with Crippen LogP contribution in [0.4, 0.5) is 21.5 Å². The average molecular weight is 287 g/mol. The van der Waals surface area contributed by atoms with Gasteiger partial charge in [-0.1, -0.05) is 0 Å². The molecule has 2 aromatic rings. The lowest BCUT2D eigenvalue weighted by atomic mass is 10.1. The normalized spacial score (nSPS) is 10.3. The SMILES string of the molecule is Cc1cc(F)cc(Nc2ccc(C(=O)N(C)C)cc2N)c1. The van der Waals surface area contributed by atoms with E-state index < -0.39 is 0 Å². The minimum atomic E-state index is -0.310. The highest BCUT2D eigenvalue weighted by molar-refractivity contribution is 5.96. The molecule has 0 aliphatic heterocycles. The first kappa shape index (κ1) is 14.8. The van der Waals surface area contributed by atoms with Crippen LogP contribution in [0.15, 0.2) is 36.4 Å². The van der Waals surface area contributed by atoms with Crippen molar-refractivity contribution in [1.29, 1.82) is 0 Å². The lowest BCUT2D eigenvalue weighted by Crippen LogP contribution is -2.21. The number of carbonyl (C=O) groups excluding carboxylic acids is 1. The van der Waals surface area contributed by atoms with Gasteiger partial charge in [0.2, 0.25) is 0 Å². The summed E-state index contributed by atoms with van der Waals surface area (Å²) in [5.41, 5.74) is 8.97. The number of aryl methyl sites for hydroxylation is 1. The van der Waals surface area contributed by atoms with Crippen LogP contribution in [0.2, 0.25) is 0 Å². The number of nitrogens with one attached hydrogen (secondary N) is 1. The van der Waals surface area contributed by atoms with Crippen LogP contribution in [-0.4, -0.2) is 24.9 Å². The Labute approximate surface area is 123 Å². The largest absolute Gasteiger partial charge is 0.397 e. The summed E-state index contributed by atoms with van der Waals surface area (Å²) in [5.74, 6) is -0.426. The number of anilines is 3. The Morgan fingerprint density at radius 2 is 1.90 bits per heavy atom. The van der Waals surface area contributed by atoms with Crippen molar-refractivity contribution < 1.29 is 9.18 Å². The smallest absolute Gasteiger partial charge is 0.253 e. The van der Waals surface area contributed by atoms with Gasteiger partial charge in [0.1, 0.15) is 5.82 Å². The van der Waals surface area contributed by atoms with Crippen LogP contribution in [0, 0.1) is 12.7 Å². The molecule has 110 valence electrons. The molecule has 0 fully saturated rings. The van der Waals surface area contributed by atoms with Gasteiger partial charge in [0.25, 0.3) is 5.91 Å². The van der Waals surface area contributed by atoms with E-state index in [1.807, 2.05) is 13.0 Å². The van der Waals surface area contributed by atoms with E-state index in [-0.39, 0.29) is 11.7 Å². The van der Waals surface area contributed by atoms with E-state index in [1.165, 1.54) is 17.0 Å². The Bertz CT molecular complexity index is 663. The molecule has 0 spiro atoms. The van der Waals surface area contributed by atoms with E-state index >= 15 is 0 Å². The monoisotopic (exact) mass is 287 g/mol. The van der Waals surface area contributed by atoms with Crippen LogP contribution in [-0.2, 0) is 0 Å². The molecule has 5 heteroatoms. The molecule has 0 atom stereocenters. The molecular weight excluding hydrogens is 269 g/mol. The molecule has 2 aromatic carbocycles. The van der Waals surface area contributed by atoms with Gasteiger partial charge in [-0.05, 0) is 48.9 Å². The average Bonchev–Trinajstić information content (AvgIpc) is 2.39. The van der Waals surface area contributed by atoms with Crippen molar-refractivity contribution in [2.45, 2.75) is 6.92 Å². The van der Waals surface area contributed by atoms with Crippen molar-refractivity contribution in [3.8, 4) is 0 Å². The number of benzene rings is 2. The van der Waals surface area contributed by atoms with E-state index in [9.17, 15) is 9.18 Å².